The summed E-state index contributed by atoms with van der Waals surface area (Å²) in [4.78, 5) is 11.0. The van der Waals surface area contributed by atoms with Gasteiger partial charge in [-0.1, -0.05) is 18.6 Å². The van der Waals surface area contributed by atoms with E-state index in [2.05, 4.69) is 4.72 Å². The average molecular weight is 339 g/mol. The fourth-order valence-electron chi connectivity index (χ4n) is 3.67. The smallest absolute Gasteiger partial charge is 0.335 e. The Morgan fingerprint density at radius 2 is 2.22 bits per heavy atom. The minimum Gasteiger partial charge on any atom is -0.478 e. The number of aromatic carboxylic acids is 1. The van der Waals surface area contributed by atoms with Crippen LogP contribution in [0.3, 0.4) is 0 Å². The van der Waals surface area contributed by atoms with Crippen LogP contribution in [0, 0.1) is 5.41 Å². The molecule has 1 saturated carbocycles. The number of benzene rings is 1. The lowest BCUT2D eigenvalue weighted by atomic mass is 9.83. The van der Waals surface area contributed by atoms with E-state index in [0.717, 1.165) is 25.7 Å². The zero-order valence-electron chi connectivity index (χ0n) is 12.8. The molecule has 6 nitrogen and oxygen atoms in total. The molecule has 1 aliphatic carbocycles. The molecule has 1 aliphatic heterocycles. The van der Waals surface area contributed by atoms with Crippen molar-refractivity contribution < 1.29 is 23.1 Å². The molecule has 2 N–H and O–H groups in total. The molecular formula is C16H21NO5S. The lowest BCUT2D eigenvalue weighted by Gasteiger charge is -2.27. The molecule has 0 radical (unpaired) electrons. The molecule has 0 aromatic heterocycles. The van der Waals surface area contributed by atoms with Gasteiger partial charge in [0.05, 0.1) is 17.4 Å². The Morgan fingerprint density at radius 1 is 1.39 bits per heavy atom. The van der Waals surface area contributed by atoms with E-state index in [9.17, 15) is 13.2 Å². The monoisotopic (exact) mass is 339 g/mol. The number of rotatable bonds is 6. The normalized spacial score (nSPS) is 27.0. The summed E-state index contributed by atoms with van der Waals surface area (Å²) in [6, 6.07) is 6.03. The van der Waals surface area contributed by atoms with Crippen LogP contribution < -0.4 is 4.72 Å². The molecule has 23 heavy (non-hydrogen) atoms. The number of ether oxygens (including phenoxy) is 1. The maximum Gasteiger partial charge on any atom is 0.335 e. The van der Waals surface area contributed by atoms with Gasteiger partial charge in [-0.3, -0.25) is 0 Å². The number of sulfonamides is 1. The summed E-state index contributed by atoms with van der Waals surface area (Å²) in [7, 11) is -3.51. The van der Waals surface area contributed by atoms with Gasteiger partial charge in [0.1, 0.15) is 0 Å². The van der Waals surface area contributed by atoms with Crippen molar-refractivity contribution in [3.8, 4) is 0 Å². The molecule has 2 atom stereocenters. The number of hydrogen-bond acceptors (Lipinski definition) is 4. The Morgan fingerprint density at radius 3 is 3.00 bits per heavy atom. The first-order valence-corrected chi connectivity index (χ1v) is 9.47. The highest BCUT2D eigenvalue weighted by Gasteiger charge is 2.47. The van der Waals surface area contributed by atoms with Crippen molar-refractivity contribution in [2.45, 2.75) is 37.5 Å². The Bertz CT molecular complexity index is 690. The second-order valence-corrected chi connectivity index (χ2v) is 8.26. The minimum absolute atomic E-state index is 0.0595. The van der Waals surface area contributed by atoms with E-state index in [1.54, 1.807) is 12.1 Å². The maximum absolute atomic E-state index is 12.3. The zero-order chi connectivity index (χ0) is 16.5. The predicted octanol–water partition coefficient (Wildman–Crippen LogP) is 1.76. The third-order valence-electron chi connectivity index (χ3n) is 4.92. The van der Waals surface area contributed by atoms with Crippen molar-refractivity contribution >= 4 is 16.0 Å². The van der Waals surface area contributed by atoms with Crippen LogP contribution in [0.25, 0.3) is 0 Å². The molecule has 1 aromatic rings. The summed E-state index contributed by atoms with van der Waals surface area (Å²) >= 11 is 0. The first kappa shape index (κ1) is 16.4. The first-order chi connectivity index (χ1) is 10.9. The van der Waals surface area contributed by atoms with Gasteiger partial charge in [0.25, 0.3) is 0 Å². The Hall–Kier alpha value is -1.44. The summed E-state index contributed by atoms with van der Waals surface area (Å²) < 4.78 is 33.1. The van der Waals surface area contributed by atoms with E-state index in [0.29, 0.717) is 18.7 Å². The Labute approximate surface area is 135 Å². The summed E-state index contributed by atoms with van der Waals surface area (Å²) in [5.74, 6) is -1.27. The summed E-state index contributed by atoms with van der Waals surface area (Å²) in [6.45, 7) is 1.10. The number of carboxylic acid groups (broad SMARTS) is 1. The second-order valence-electron chi connectivity index (χ2n) is 6.45. The van der Waals surface area contributed by atoms with Crippen LogP contribution in [0.15, 0.2) is 24.3 Å². The van der Waals surface area contributed by atoms with Crippen LogP contribution in [-0.2, 0) is 20.5 Å². The van der Waals surface area contributed by atoms with E-state index in [4.69, 9.17) is 9.84 Å². The number of hydrogen-bond donors (Lipinski definition) is 2. The van der Waals surface area contributed by atoms with Crippen molar-refractivity contribution in [2.24, 2.45) is 5.41 Å². The largest absolute Gasteiger partial charge is 0.478 e. The lowest BCUT2D eigenvalue weighted by molar-refractivity contribution is 0.0696. The molecule has 0 bridgehead atoms. The average Bonchev–Trinajstić information content (AvgIpc) is 3.05. The first-order valence-electron chi connectivity index (χ1n) is 7.81. The molecule has 1 heterocycles. The fraction of sp³-hybridized carbons (Fsp3) is 0.562. The van der Waals surface area contributed by atoms with E-state index >= 15 is 0 Å². The van der Waals surface area contributed by atoms with Gasteiger partial charge < -0.3 is 9.84 Å². The van der Waals surface area contributed by atoms with Crippen molar-refractivity contribution in [3.63, 3.8) is 0 Å². The lowest BCUT2D eigenvalue weighted by Crippen LogP contribution is -2.40. The molecule has 0 amide bonds. The number of carbonyl (C=O) groups is 1. The van der Waals surface area contributed by atoms with Gasteiger partial charge >= 0.3 is 5.97 Å². The third-order valence-corrected chi connectivity index (χ3v) is 6.22. The van der Waals surface area contributed by atoms with E-state index in [1.807, 2.05) is 0 Å². The molecule has 1 saturated heterocycles. The van der Waals surface area contributed by atoms with Crippen LogP contribution in [0.1, 0.15) is 41.6 Å². The topological polar surface area (TPSA) is 92.7 Å². The SMILES string of the molecule is O=C(O)c1cccc(CS(=O)(=O)NC[C@]23CCC[C@H]2OCC3)c1. The van der Waals surface area contributed by atoms with Crippen LogP contribution in [0.5, 0.6) is 0 Å². The van der Waals surface area contributed by atoms with Gasteiger partial charge in [0.15, 0.2) is 0 Å². The maximum atomic E-state index is 12.3. The van der Waals surface area contributed by atoms with Gasteiger partial charge in [-0.05, 0) is 37.0 Å². The fourth-order valence-corrected chi connectivity index (χ4v) is 4.89. The molecule has 2 fully saturated rings. The summed E-state index contributed by atoms with van der Waals surface area (Å²) in [5, 5.41) is 8.98. The van der Waals surface area contributed by atoms with Gasteiger partial charge in [0.2, 0.25) is 10.0 Å². The third kappa shape index (κ3) is 3.57. The van der Waals surface area contributed by atoms with Crippen LogP contribution in [-0.4, -0.2) is 38.7 Å². The van der Waals surface area contributed by atoms with E-state index in [-0.39, 0.29) is 22.8 Å². The number of carboxylic acids is 1. The van der Waals surface area contributed by atoms with Crippen molar-refractivity contribution in [2.75, 3.05) is 13.2 Å². The minimum atomic E-state index is -3.51. The van der Waals surface area contributed by atoms with Crippen LogP contribution in [0.2, 0.25) is 0 Å². The predicted molar refractivity (Wildman–Crippen MR) is 84.7 cm³/mol. The van der Waals surface area contributed by atoms with Gasteiger partial charge in [-0.25, -0.2) is 17.9 Å². The van der Waals surface area contributed by atoms with E-state index in [1.165, 1.54) is 12.1 Å². The van der Waals surface area contributed by atoms with E-state index < -0.39 is 16.0 Å². The zero-order valence-corrected chi connectivity index (χ0v) is 13.6. The highest BCUT2D eigenvalue weighted by atomic mass is 32.2. The molecule has 0 spiro atoms. The standard InChI is InChI=1S/C16H21NO5S/c18-15(19)13-4-1-3-12(9-13)10-23(20,21)17-11-16-6-2-5-14(16)22-8-7-16/h1,3-4,9,14,17H,2,5-8,10-11H2,(H,18,19)/t14-,16-/m1/s1. The van der Waals surface area contributed by atoms with Gasteiger partial charge in [0, 0.05) is 18.6 Å². The number of nitrogens with one attached hydrogen (secondary N) is 1. The molecule has 3 rings (SSSR count). The molecule has 7 heteroatoms. The molecule has 2 aliphatic rings. The highest BCUT2D eigenvalue weighted by molar-refractivity contribution is 7.88. The quantitative estimate of drug-likeness (QED) is 0.824. The highest BCUT2D eigenvalue weighted by Crippen LogP contribution is 2.46. The number of fused-ring (bicyclic) bond motifs is 1. The summed E-state index contributed by atoms with van der Waals surface area (Å²) in [5.41, 5.74) is 0.507. The Kier molecular flexibility index (Phi) is 4.44. The van der Waals surface area contributed by atoms with Gasteiger partial charge in [-0.2, -0.15) is 0 Å². The van der Waals surface area contributed by atoms with Crippen LogP contribution >= 0.6 is 0 Å². The Balaban J connectivity index is 1.65. The molecule has 0 unspecified atom stereocenters. The van der Waals surface area contributed by atoms with Crippen molar-refractivity contribution in [1.29, 1.82) is 0 Å². The van der Waals surface area contributed by atoms with Crippen molar-refractivity contribution in [3.05, 3.63) is 35.4 Å². The second kappa shape index (κ2) is 6.22. The molecule has 126 valence electrons. The molecular weight excluding hydrogens is 318 g/mol. The molecule has 1 aromatic carbocycles. The van der Waals surface area contributed by atoms with Crippen molar-refractivity contribution in [1.82, 2.24) is 4.72 Å². The summed E-state index contributed by atoms with van der Waals surface area (Å²) in [6.07, 6.45) is 4.14. The van der Waals surface area contributed by atoms with Gasteiger partial charge in [-0.15, -0.1) is 0 Å². The van der Waals surface area contributed by atoms with Crippen LogP contribution in [0.4, 0.5) is 0 Å².